The van der Waals surface area contributed by atoms with E-state index < -0.39 is 0 Å². The Bertz CT molecular complexity index is 624. The third kappa shape index (κ3) is 3.66. The van der Waals surface area contributed by atoms with E-state index >= 15 is 0 Å². The highest BCUT2D eigenvalue weighted by molar-refractivity contribution is 5.94. The summed E-state index contributed by atoms with van der Waals surface area (Å²) >= 11 is 0. The van der Waals surface area contributed by atoms with Crippen molar-refractivity contribution in [2.75, 3.05) is 7.11 Å². The molecule has 0 aliphatic carbocycles. The van der Waals surface area contributed by atoms with Crippen molar-refractivity contribution >= 4 is 5.91 Å². The van der Waals surface area contributed by atoms with E-state index in [1.807, 2.05) is 47.3 Å². The summed E-state index contributed by atoms with van der Waals surface area (Å²) in [6, 6.07) is 9.51. The number of amides is 1. The van der Waals surface area contributed by atoms with Gasteiger partial charge in [0.25, 0.3) is 5.91 Å². The van der Waals surface area contributed by atoms with Gasteiger partial charge in [-0.1, -0.05) is 18.2 Å². The highest BCUT2D eigenvalue weighted by atomic mass is 16.5. The van der Waals surface area contributed by atoms with E-state index in [2.05, 4.69) is 26.1 Å². The van der Waals surface area contributed by atoms with Crippen LogP contribution in [0.15, 0.2) is 42.7 Å². The second-order valence-corrected chi connectivity index (χ2v) is 5.97. The van der Waals surface area contributed by atoms with Crippen molar-refractivity contribution in [2.24, 2.45) is 0 Å². The Balaban J connectivity index is 2.03. The van der Waals surface area contributed by atoms with Crippen LogP contribution in [-0.4, -0.2) is 17.6 Å². The lowest BCUT2D eigenvalue weighted by Gasteiger charge is -2.20. The van der Waals surface area contributed by atoms with Crippen LogP contribution >= 0.6 is 0 Å². The van der Waals surface area contributed by atoms with Crippen LogP contribution < -0.4 is 10.1 Å². The smallest absolute Gasteiger partial charge is 0.253 e. The largest absolute Gasteiger partial charge is 0.496 e. The summed E-state index contributed by atoms with van der Waals surface area (Å²) in [5.74, 6) is 0.703. The molecule has 2 aromatic rings. The normalized spacial score (nSPS) is 11.2. The number of ether oxygens (including phenoxy) is 1. The molecule has 0 radical (unpaired) electrons. The molecule has 112 valence electrons. The number of rotatable bonds is 4. The van der Waals surface area contributed by atoms with Crippen LogP contribution in [0.4, 0.5) is 0 Å². The predicted molar refractivity (Wildman–Crippen MR) is 83.6 cm³/mol. The molecule has 4 nitrogen and oxygen atoms in total. The minimum absolute atomic E-state index is 0.0266. The Morgan fingerprint density at radius 3 is 2.57 bits per heavy atom. The van der Waals surface area contributed by atoms with Crippen LogP contribution in [0.25, 0.3) is 0 Å². The number of nitrogens with zero attached hydrogens (tertiary/aromatic N) is 1. The zero-order valence-corrected chi connectivity index (χ0v) is 13.0. The molecule has 0 aliphatic heterocycles. The zero-order valence-electron chi connectivity index (χ0n) is 13.0. The lowest BCUT2D eigenvalue weighted by Crippen LogP contribution is -2.23. The number of carbonyl (C=O) groups is 1. The van der Waals surface area contributed by atoms with E-state index in [1.54, 1.807) is 7.11 Å². The van der Waals surface area contributed by atoms with Gasteiger partial charge in [0.2, 0.25) is 0 Å². The molecule has 0 spiro atoms. The maximum Gasteiger partial charge on any atom is 0.253 e. The Labute approximate surface area is 125 Å². The van der Waals surface area contributed by atoms with Gasteiger partial charge in [-0.25, -0.2) is 0 Å². The summed E-state index contributed by atoms with van der Waals surface area (Å²) < 4.78 is 7.31. The summed E-state index contributed by atoms with van der Waals surface area (Å²) in [6.07, 6.45) is 3.80. The van der Waals surface area contributed by atoms with Crippen LogP contribution in [-0.2, 0) is 12.1 Å². The Hall–Kier alpha value is -2.23. The third-order valence-electron chi connectivity index (χ3n) is 3.36. The standard InChI is InChI=1S/C17H22N2O2/c1-17(2,3)19-10-9-14(12-19)16(20)18-11-13-7-5-6-8-15(13)21-4/h5-10,12H,11H2,1-4H3,(H,18,20). The highest BCUT2D eigenvalue weighted by Crippen LogP contribution is 2.18. The molecule has 1 heterocycles. The zero-order chi connectivity index (χ0) is 15.5. The van der Waals surface area contributed by atoms with Crippen molar-refractivity contribution in [2.45, 2.75) is 32.9 Å². The first kappa shape index (κ1) is 15.2. The Morgan fingerprint density at radius 1 is 1.24 bits per heavy atom. The Kier molecular flexibility index (Phi) is 4.36. The fraction of sp³-hybridized carbons (Fsp3) is 0.353. The molecule has 0 saturated heterocycles. The molecule has 4 heteroatoms. The van der Waals surface area contributed by atoms with Crippen molar-refractivity contribution in [1.82, 2.24) is 9.88 Å². The summed E-state index contributed by atoms with van der Waals surface area (Å²) in [7, 11) is 1.63. The number of aromatic nitrogens is 1. The van der Waals surface area contributed by atoms with Crippen molar-refractivity contribution in [3.63, 3.8) is 0 Å². The molecule has 0 aliphatic rings. The molecule has 2 rings (SSSR count). The SMILES string of the molecule is COc1ccccc1CNC(=O)c1ccn(C(C)(C)C)c1. The van der Waals surface area contributed by atoms with Gasteiger partial charge in [-0.15, -0.1) is 0 Å². The molecular weight excluding hydrogens is 264 g/mol. The van der Waals surface area contributed by atoms with Crippen molar-refractivity contribution in [3.8, 4) is 5.75 Å². The molecule has 21 heavy (non-hydrogen) atoms. The predicted octanol–water partition coefficient (Wildman–Crippen LogP) is 3.18. The summed E-state index contributed by atoms with van der Waals surface area (Å²) in [5, 5.41) is 2.92. The average molecular weight is 286 g/mol. The molecule has 1 aromatic heterocycles. The molecule has 0 atom stereocenters. The van der Waals surface area contributed by atoms with Crippen LogP contribution in [0, 0.1) is 0 Å². The average Bonchev–Trinajstić information content (AvgIpc) is 2.95. The number of benzene rings is 1. The van der Waals surface area contributed by atoms with E-state index in [-0.39, 0.29) is 11.4 Å². The van der Waals surface area contributed by atoms with E-state index in [4.69, 9.17) is 4.74 Å². The number of nitrogens with one attached hydrogen (secondary N) is 1. The van der Waals surface area contributed by atoms with Crippen molar-refractivity contribution < 1.29 is 9.53 Å². The van der Waals surface area contributed by atoms with E-state index in [0.29, 0.717) is 12.1 Å². The van der Waals surface area contributed by atoms with Gasteiger partial charge >= 0.3 is 0 Å². The molecule has 1 N–H and O–H groups in total. The Morgan fingerprint density at radius 2 is 1.95 bits per heavy atom. The summed E-state index contributed by atoms with van der Waals surface area (Å²) in [6.45, 7) is 6.75. The van der Waals surface area contributed by atoms with E-state index in [0.717, 1.165) is 11.3 Å². The van der Waals surface area contributed by atoms with Gasteiger partial charge < -0.3 is 14.6 Å². The number of carbonyl (C=O) groups excluding carboxylic acids is 1. The first-order valence-electron chi connectivity index (χ1n) is 7.00. The molecule has 0 unspecified atom stereocenters. The molecule has 1 aromatic carbocycles. The highest BCUT2D eigenvalue weighted by Gasteiger charge is 2.15. The van der Waals surface area contributed by atoms with E-state index in [9.17, 15) is 4.79 Å². The van der Waals surface area contributed by atoms with E-state index in [1.165, 1.54) is 0 Å². The lowest BCUT2D eigenvalue weighted by molar-refractivity contribution is 0.0950. The minimum atomic E-state index is -0.0797. The first-order valence-corrected chi connectivity index (χ1v) is 7.00. The molecular formula is C17H22N2O2. The topological polar surface area (TPSA) is 43.3 Å². The van der Waals surface area contributed by atoms with Gasteiger partial charge in [-0.05, 0) is 32.9 Å². The number of methoxy groups -OCH3 is 1. The molecule has 0 fully saturated rings. The van der Waals surface area contributed by atoms with Gasteiger partial charge in [-0.3, -0.25) is 4.79 Å². The lowest BCUT2D eigenvalue weighted by atomic mass is 10.1. The molecule has 0 saturated carbocycles. The van der Waals surface area contributed by atoms with Crippen LogP contribution in [0.1, 0.15) is 36.7 Å². The second kappa shape index (κ2) is 6.04. The van der Waals surface area contributed by atoms with Gasteiger partial charge in [0, 0.05) is 30.0 Å². The number of para-hydroxylation sites is 1. The van der Waals surface area contributed by atoms with Gasteiger partial charge in [0.15, 0.2) is 0 Å². The van der Waals surface area contributed by atoms with Crippen molar-refractivity contribution in [1.29, 1.82) is 0 Å². The fourth-order valence-corrected chi connectivity index (χ4v) is 2.07. The first-order chi connectivity index (χ1) is 9.91. The summed E-state index contributed by atoms with van der Waals surface area (Å²) in [5.41, 5.74) is 1.60. The fourth-order valence-electron chi connectivity index (χ4n) is 2.07. The third-order valence-corrected chi connectivity index (χ3v) is 3.36. The monoisotopic (exact) mass is 286 g/mol. The molecule has 1 amide bonds. The molecule has 0 bridgehead atoms. The quantitative estimate of drug-likeness (QED) is 0.938. The van der Waals surface area contributed by atoms with Gasteiger partial charge in [0.1, 0.15) is 5.75 Å². The number of hydrogen-bond acceptors (Lipinski definition) is 2. The van der Waals surface area contributed by atoms with Crippen LogP contribution in [0.3, 0.4) is 0 Å². The number of hydrogen-bond donors (Lipinski definition) is 1. The maximum absolute atomic E-state index is 12.2. The van der Waals surface area contributed by atoms with Crippen molar-refractivity contribution in [3.05, 3.63) is 53.9 Å². The minimum Gasteiger partial charge on any atom is -0.496 e. The van der Waals surface area contributed by atoms with Gasteiger partial charge in [-0.2, -0.15) is 0 Å². The van der Waals surface area contributed by atoms with Crippen LogP contribution in [0.2, 0.25) is 0 Å². The summed E-state index contributed by atoms with van der Waals surface area (Å²) in [4.78, 5) is 12.2. The van der Waals surface area contributed by atoms with Crippen LogP contribution in [0.5, 0.6) is 5.75 Å². The maximum atomic E-state index is 12.2. The van der Waals surface area contributed by atoms with Gasteiger partial charge in [0.05, 0.1) is 12.7 Å². The second-order valence-electron chi connectivity index (χ2n) is 5.97.